The van der Waals surface area contributed by atoms with Crippen LogP contribution in [0.2, 0.25) is 0 Å². The molecular weight excluding hydrogens is 148 g/mol. The second-order valence-corrected chi connectivity index (χ2v) is 4.64. The van der Waals surface area contributed by atoms with Crippen molar-refractivity contribution in [2.75, 3.05) is 13.1 Å². The summed E-state index contributed by atoms with van der Waals surface area (Å²) in [6, 6.07) is 0.502. The summed E-state index contributed by atoms with van der Waals surface area (Å²) >= 11 is 0. The highest BCUT2D eigenvalue weighted by Gasteiger charge is 2.45. The van der Waals surface area contributed by atoms with Crippen molar-refractivity contribution < 1.29 is 0 Å². The molecule has 0 amide bonds. The normalized spacial score (nSPS) is 41.0. The van der Waals surface area contributed by atoms with Crippen LogP contribution in [0.1, 0.15) is 26.2 Å². The van der Waals surface area contributed by atoms with E-state index < -0.39 is 0 Å². The van der Waals surface area contributed by atoms with E-state index in [1.165, 1.54) is 25.8 Å². The summed E-state index contributed by atoms with van der Waals surface area (Å²) in [6.07, 6.45) is 4.49. The first-order chi connectivity index (χ1) is 5.79. The van der Waals surface area contributed by atoms with Gasteiger partial charge in [-0.2, -0.15) is 0 Å². The third kappa shape index (κ3) is 1.80. The Morgan fingerprint density at radius 2 is 2.00 bits per heavy atom. The van der Waals surface area contributed by atoms with Crippen LogP contribution in [0, 0.1) is 17.8 Å². The first-order valence-corrected chi connectivity index (χ1v) is 5.23. The number of rotatable bonds is 4. The van der Waals surface area contributed by atoms with Gasteiger partial charge >= 0.3 is 0 Å². The summed E-state index contributed by atoms with van der Waals surface area (Å²) in [5, 5.41) is 3.49. The molecule has 0 aliphatic heterocycles. The van der Waals surface area contributed by atoms with Crippen molar-refractivity contribution in [3.8, 4) is 0 Å². The van der Waals surface area contributed by atoms with Crippen LogP contribution < -0.4 is 11.1 Å². The lowest BCUT2D eigenvalue weighted by atomic mass is 10.0. The van der Waals surface area contributed by atoms with Crippen LogP contribution in [0.5, 0.6) is 0 Å². The molecule has 0 radical (unpaired) electrons. The Morgan fingerprint density at radius 3 is 2.58 bits per heavy atom. The molecule has 2 heteroatoms. The molecular formula is C10H20N2. The summed E-state index contributed by atoms with van der Waals surface area (Å²) in [6.45, 7) is 4.13. The fourth-order valence-corrected chi connectivity index (χ4v) is 2.46. The quantitative estimate of drug-likeness (QED) is 0.656. The molecule has 70 valence electrons. The van der Waals surface area contributed by atoms with Crippen LogP contribution in [-0.2, 0) is 0 Å². The number of nitrogens with two attached hydrogens (primary N) is 1. The van der Waals surface area contributed by atoms with Crippen LogP contribution in [0.15, 0.2) is 0 Å². The molecule has 2 fully saturated rings. The van der Waals surface area contributed by atoms with Crippen LogP contribution >= 0.6 is 0 Å². The van der Waals surface area contributed by atoms with Crippen molar-refractivity contribution in [1.29, 1.82) is 0 Å². The predicted molar refractivity (Wildman–Crippen MR) is 50.8 cm³/mol. The van der Waals surface area contributed by atoms with Gasteiger partial charge in [0.25, 0.3) is 0 Å². The molecule has 2 saturated carbocycles. The third-order valence-corrected chi connectivity index (χ3v) is 3.45. The van der Waals surface area contributed by atoms with Crippen molar-refractivity contribution in [1.82, 2.24) is 5.32 Å². The zero-order valence-electron chi connectivity index (χ0n) is 7.92. The monoisotopic (exact) mass is 168 g/mol. The predicted octanol–water partition coefficient (Wildman–Crippen LogP) is 0.969. The number of nitrogens with one attached hydrogen (secondary N) is 1. The molecule has 2 rings (SSSR count). The second-order valence-electron chi connectivity index (χ2n) is 4.64. The number of hydrogen-bond donors (Lipinski definition) is 2. The molecule has 0 aromatic carbocycles. The lowest BCUT2D eigenvalue weighted by Gasteiger charge is -2.16. The lowest BCUT2D eigenvalue weighted by molar-refractivity contribution is 0.418. The van der Waals surface area contributed by atoms with Gasteiger partial charge in [0.05, 0.1) is 0 Å². The van der Waals surface area contributed by atoms with Crippen molar-refractivity contribution in [2.45, 2.75) is 32.2 Å². The Kier molecular flexibility index (Phi) is 2.37. The van der Waals surface area contributed by atoms with E-state index in [0.717, 1.165) is 24.3 Å². The third-order valence-electron chi connectivity index (χ3n) is 3.45. The molecule has 0 aromatic heterocycles. The van der Waals surface area contributed by atoms with Crippen molar-refractivity contribution in [3.05, 3.63) is 0 Å². The first kappa shape index (κ1) is 8.52. The summed E-state index contributed by atoms with van der Waals surface area (Å²) < 4.78 is 0. The van der Waals surface area contributed by atoms with Gasteiger partial charge in [0, 0.05) is 12.6 Å². The molecule has 0 aromatic rings. The van der Waals surface area contributed by atoms with Gasteiger partial charge in [0.2, 0.25) is 0 Å². The fourth-order valence-electron chi connectivity index (χ4n) is 2.46. The highest BCUT2D eigenvalue weighted by Crippen LogP contribution is 2.54. The Bertz CT molecular complexity index is 148. The Hall–Kier alpha value is -0.0800. The topological polar surface area (TPSA) is 38.0 Å². The fraction of sp³-hybridized carbons (Fsp3) is 1.00. The number of hydrogen-bond acceptors (Lipinski definition) is 2. The second kappa shape index (κ2) is 3.35. The SMILES string of the molecule is CC(CN)NCC1CC2CC2C1. The van der Waals surface area contributed by atoms with Gasteiger partial charge in [0.1, 0.15) is 0 Å². The first-order valence-electron chi connectivity index (χ1n) is 5.23. The lowest BCUT2D eigenvalue weighted by Crippen LogP contribution is -2.36. The van der Waals surface area contributed by atoms with Gasteiger partial charge in [-0.15, -0.1) is 0 Å². The van der Waals surface area contributed by atoms with Crippen LogP contribution in [0.3, 0.4) is 0 Å². The Morgan fingerprint density at radius 1 is 1.33 bits per heavy atom. The van der Waals surface area contributed by atoms with Gasteiger partial charge in [-0.1, -0.05) is 0 Å². The molecule has 0 heterocycles. The molecule has 0 spiro atoms. The molecule has 3 unspecified atom stereocenters. The van der Waals surface area contributed by atoms with E-state index in [-0.39, 0.29) is 0 Å². The van der Waals surface area contributed by atoms with Gasteiger partial charge in [-0.25, -0.2) is 0 Å². The zero-order valence-corrected chi connectivity index (χ0v) is 7.92. The Balaban J connectivity index is 1.61. The maximum absolute atomic E-state index is 5.53. The average Bonchev–Trinajstić information content (AvgIpc) is 2.70. The number of fused-ring (bicyclic) bond motifs is 1. The van der Waals surface area contributed by atoms with Crippen molar-refractivity contribution in [2.24, 2.45) is 23.5 Å². The highest BCUT2D eigenvalue weighted by atomic mass is 14.9. The smallest absolute Gasteiger partial charge is 0.0162 e. The molecule has 0 saturated heterocycles. The molecule has 2 aliphatic carbocycles. The minimum Gasteiger partial charge on any atom is -0.329 e. The van der Waals surface area contributed by atoms with E-state index in [0.29, 0.717) is 6.04 Å². The van der Waals surface area contributed by atoms with Gasteiger partial charge in [0.15, 0.2) is 0 Å². The van der Waals surface area contributed by atoms with Crippen LogP contribution in [-0.4, -0.2) is 19.1 Å². The van der Waals surface area contributed by atoms with Crippen molar-refractivity contribution in [3.63, 3.8) is 0 Å². The minimum absolute atomic E-state index is 0.502. The average molecular weight is 168 g/mol. The minimum atomic E-state index is 0.502. The van der Waals surface area contributed by atoms with E-state index in [9.17, 15) is 0 Å². The van der Waals surface area contributed by atoms with E-state index in [1.54, 1.807) is 0 Å². The summed E-state index contributed by atoms with van der Waals surface area (Å²) in [5.74, 6) is 3.19. The Labute approximate surface area is 74.9 Å². The van der Waals surface area contributed by atoms with Crippen molar-refractivity contribution >= 4 is 0 Å². The van der Waals surface area contributed by atoms with E-state index in [1.807, 2.05) is 0 Å². The van der Waals surface area contributed by atoms with Crippen LogP contribution in [0.25, 0.3) is 0 Å². The van der Waals surface area contributed by atoms with E-state index in [4.69, 9.17) is 5.73 Å². The molecule has 12 heavy (non-hydrogen) atoms. The maximum Gasteiger partial charge on any atom is 0.0162 e. The molecule has 2 aliphatic rings. The molecule has 3 atom stereocenters. The largest absolute Gasteiger partial charge is 0.329 e. The standard InChI is InChI=1S/C10H20N2/c1-7(5-11)12-6-8-2-9-4-10(9)3-8/h7-10,12H,2-6,11H2,1H3. The zero-order chi connectivity index (χ0) is 8.55. The molecule has 3 N–H and O–H groups in total. The summed E-state index contributed by atoms with van der Waals surface area (Å²) in [7, 11) is 0. The maximum atomic E-state index is 5.53. The van der Waals surface area contributed by atoms with Gasteiger partial charge in [-0.3, -0.25) is 0 Å². The van der Waals surface area contributed by atoms with Gasteiger partial charge in [-0.05, 0) is 50.5 Å². The molecule has 2 nitrogen and oxygen atoms in total. The van der Waals surface area contributed by atoms with E-state index >= 15 is 0 Å². The van der Waals surface area contributed by atoms with Gasteiger partial charge < -0.3 is 11.1 Å². The van der Waals surface area contributed by atoms with E-state index in [2.05, 4.69) is 12.2 Å². The summed E-state index contributed by atoms with van der Waals surface area (Å²) in [5.41, 5.74) is 5.53. The van der Waals surface area contributed by atoms with Crippen LogP contribution in [0.4, 0.5) is 0 Å². The summed E-state index contributed by atoms with van der Waals surface area (Å²) in [4.78, 5) is 0. The molecule has 0 bridgehead atoms. The highest BCUT2D eigenvalue weighted by molar-refractivity contribution is 4.96.